The van der Waals surface area contributed by atoms with Crippen molar-refractivity contribution in [2.24, 2.45) is 5.92 Å². The Bertz CT molecular complexity index is 579. The smallest absolute Gasteiger partial charge is 0.416 e. The molecular weight excluding hydrogens is 320 g/mol. The summed E-state index contributed by atoms with van der Waals surface area (Å²) in [5, 5.41) is 18.3. The molecule has 0 spiro atoms. The Morgan fingerprint density at radius 3 is 2.68 bits per heavy atom. The highest BCUT2D eigenvalue weighted by Gasteiger charge is 2.28. The van der Waals surface area contributed by atoms with E-state index in [1.165, 1.54) is 0 Å². The molecule has 2 rings (SSSR count). The molecule has 140 valence electrons. The van der Waals surface area contributed by atoms with Crippen LogP contribution in [-0.4, -0.2) is 46.6 Å². The number of aromatic nitrogens is 1. The van der Waals surface area contributed by atoms with Crippen LogP contribution in [0, 0.1) is 5.92 Å². The first kappa shape index (κ1) is 19.7. The van der Waals surface area contributed by atoms with Gasteiger partial charge in [-0.3, -0.25) is 4.90 Å². The number of ether oxygens (including phenoxy) is 1. The van der Waals surface area contributed by atoms with Gasteiger partial charge in [-0.1, -0.05) is 6.07 Å². The molecule has 1 aromatic heterocycles. The monoisotopic (exact) mass is 350 g/mol. The van der Waals surface area contributed by atoms with E-state index >= 15 is 0 Å². The van der Waals surface area contributed by atoms with Gasteiger partial charge >= 0.3 is 6.09 Å². The Labute approximate surface area is 149 Å². The van der Waals surface area contributed by atoms with Crippen molar-refractivity contribution in [3.63, 3.8) is 0 Å². The zero-order valence-electron chi connectivity index (χ0n) is 15.5. The van der Waals surface area contributed by atoms with E-state index in [-0.39, 0.29) is 25.2 Å². The normalized spacial score (nSPS) is 14.6. The Hall–Kier alpha value is -1.66. The lowest BCUT2D eigenvalue weighted by atomic mass is 10.0. The topological polar surface area (TPSA) is 82.9 Å². The lowest BCUT2D eigenvalue weighted by Gasteiger charge is -2.31. The van der Waals surface area contributed by atoms with Crippen molar-refractivity contribution in [1.29, 1.82) is 0 Å². The summed E-state index contributed by atoms with van der Waals surface area (Å²) in [5.74, 6) is 0.634. The Morgan fingerprint density at radius 1 is 1.32 bits per heavy atom. The number of amides is 1. The van der Waals surface area contributed by atoms with Crippen LogP contribution in [0.4, 0.5) is 10.6 Å². The van der Waals surface area contributed by atoms with Gasteiger partial charge < -0.3 is 14.9 Å². The maximum Gasteiger partial charge on any atom is 0.416 e. The van der Waals surface area contributed by atoms with E-state index in [0.717, 1.165) is 43.4 Å². The number of hydrogen-bond donors (Lipinski definition) is 2. The van der Waals surface area contributed by atoms with Crippen LogP contribution in [0.15, 0.2) is 12.1 Å². The average molecular weight is 350 g/mol. The van der Waals surface area contributed by atoms with E-state index in [2.05, 4.69) is 0 Å². The molecule has 0 atom stereocenters. The third kappa shape index (κ3) is 5.68. The summed E-state index contributed by atoms with van der Waals surface area (Å²) < 4.78 is 5.51. The van der Waals surface area contributed by atoms with E-state index < -0.39 is 5.60 Å². The van der Waals surface area contributed by atoms with Crippen molar-refractivity contribution in [2.45, 2.75) is 58.5 Å². The fourth-order valence-corrected chi connectivity index (χ4v) is 2.92. The zero-order valence-corrected chi connectivity index (χ0v) is 15.5. The Balaban J connectivity index is 2.07. The molecule has 0 aliphatic carbocycles. The standard InChI is InChI=1S/C19H30N2O4/c1-19(2,3)25-18(24)21-11-5-7-15-9-10-16(20-17(15)21)8-4-6-14(12-22)13-23/h9-10,14,22-23H,4-8,11-13H2,1-3H3. The lowest BCUT2D eigenvalue weighted by Crippen LogP contribution is -2.40. The van der Waals surface area contributed by atoms with Crippen LogP contribution in [0.3, 0.4) is 0 Å². The number of aryl methyl sites for hydroxylation is 2. The van der Waals surface area contributed by atoms with Crippen LogP contribution in [0.1, 0.15) is 51.3 Å². The SMILES string of the molecule is CC(C)(C)OC(=O)N1CCCc2ccc(CCCC(CO)CO)nc21. The fraction of sp³-hybridized carbons (Fsp3) is 0.684. The van der Waals surface area contributed by atoms with E-state index in [0.29, 0.717) is 12.4 Å². The van der Waals surface area contributed by atoms with Crippen LogP contribution in [0.2, 0.25) is 0 Å². The van der Waals surface area contributed by atoms with Crippen LogP contribution in [0.25, 0.3) is 0 Å². The highest BCUT2D eigenvalue weighted by Crippen LogP contribution is 2.27. The van der Waals surface area contributed by atoms with Crippen LogP contribution in [-0.2, 0) is 17.6 Å². The molecule has 6 heteroatoms. The number of rotatable bonds is 6. The van der Waals surface area contributed by atoms with E-state index in [9.17, 15) is 4.79 Å². The summed E-state index contributed by atoms with van der Waals surface area (Å²) in [6.45, 7) is 6.20. The van der Waals surface area contributed by atoms with Gasteiger partial charge in [0.25, 0.3) is 0 Å². The first-order chi connectivity index (χ1) is 11.8. The second-order valence-corrected chi connectivity index (χ2v) is 7.64. The minimum absolute atomic E-state index is 0.000534. The number of carbonyl (C=O) groups excluding carboxylic acids is 1. The van der Waals surface area contributed by atoms with Gasteiger partial charge in [-0.2, -0.15) is 0 Å². The molecule has 0 fully saturated rings. The van der Waals surface area contributed by atoms with E-state index in [4.69, 9.17) is 19.9 Å². The molecule has 0 bridgehead atoms. The van der Waals surface area contributed by atoms with E-state index in [1.807, 2.05) is 32.9 Å². The fourth-order valence-electron chi connectivity index (χ4n) is 2.92. The van der Waals surface area contributed by atoms with Crippen molar-refractivity contribution in [1.82, 2.24) is 4.98 Å². The van der Waals surface area contributed by atoms with Crippen molar-refractivity contribution in [2.75, 3.05) is 24.7 Å². The maximum absolute atomic E-state index is 12.5. The minimum atomic E-state index is -0.532. The number of nitrogens with zero attached hydrogens (tertiary/aromatic N) is 2. The summed E-state index contributed by atoms with van der Waals surface area (Å²) in [6.07, 6.45) is 3.82. The maximum atomic E-state index is 12.5. The first-order valence-corrected chi connectivity index (χ1v) is 9.05. The van der Waals surface area contributed by atoms with Crippen LogP contribution >= 0.6 is 0 Å². The Morgan fingerprint density at radius 2 is 2.04 bits per heavy atom. The molecule has 0 radical (unpaired) electrons. The first-order valence-electron chi connectivity index (χ1n) is 9.05. The summed E-state index contributed by atoms with van der Waals surface area (Å²) >= 11 is 0. The number of carbonyl (C=O) groups is 1. The van der Waals surface area contributed by atoms with Gasteiger partial charge in [-0.25, -0.2) is 9.78 Å². The van der Waals surface area contributed by atoms with Gasteiger partial charge in [0.2, 0.25) is 0 Å². The number of aliphatic hydroxyl groups excluding tert-OH is 2. The van der Waals surface area contributed by atoms with E-state index in [1.54, 1.807) is 4.90 Å². The van der Waals surface area contributed by atoms with Gasteiger partial charge in [0.15, 0.2) is 0 Å². The van der Waals surface area contributed by atoms with Crippen molar-refractivity contribution in [3.05, 3.63) is 23.4 Å². The van der Waals surface area contributed by atoms with Crippen molar-refractivity contribution in [3.8, 4) is 0 Å². The molecule has 1 aromatic rings. The molecule has 1 aliphatic heterocycles. The number of pyridine rings is 1. The second-order valence-electron chi connectivity index (χ2n) is 7.64. The summed E-state index contributed by atoms with van der Waals surface area (Å²) in [6, 6.07) is 4.05. The molecule has 0 saturated carbocycles. The van der Waals surface area contributed by atoms with Gasteiger partial charge in [-0.05, 0) is 64.5 Å². The predicted molar refractivity (Wildman–Crippen MR) is 96.7 cm³/mol. The summed E-state index contributed by atoms with van der Waals surface area (Å²) in [5.41, 5.74) is 1.46. The lowest BCUT2D eigenvalue weighted by molar-refractivity contribution is 0.0576. The molecule has 0 aromatic carbocycles. The van der Waals surface area contributed by atoms with Crippen LogP contribution < -0.4 is 4.90 Å². The van der Waals surface area contributed by atoms with Gasteiger partial charge in [0.05, 0.1) is 0 Å². The minimum Gasteiger partial charge on any atom is -0.443 e. The van der Waals surface area contributed by atoms with Gasteiger partial charge in [-0.15, -0.1) is 0 Å². The van der Waals surface area contributed by atoms with Crippen molar-refractivity contribution < 1.29 is 19.7 Å². The molecule has 0 unspecified atom stereocenters. The predicted octanol–water partition coefficient (Wildman–Crippen LogP) is 2.69. The number of anilines is 1. The molecule has 1 aliphatic rings. The van der Waals surface area contributed by atoms with Gasteiger partial charge in [0.1, 0.15) is 11.4 Å². The third-order valence-electron chi connectivity index (χ3n) is 4.27. The number of aliphatic hydroxyl groups is 2. The molecule has 1 amide bonds. The summed E-state index contributed by atoms with van der Waals surface area (Å²) in [4.78, 5) is 18.8. The molecule has 6 nitrogen and oxygen atoms in total. The molecule has 0 saturated heterocycles. The third-order valence-corrected chi connectivity index (χ3v) is 4.27. The van der Waals surface area contributed by atoms with Crippen LogP contribution in [0.5, 0.6) is 0 Å². The number of hydrogen-bond acceptors (Lipinski definition) is 5. The number of fused-ring (bicyclic) bond motifs is 1. The molecule has 25 heavy (non-hydrogen) atoms. The molecular formula is C19H30N2O4. The van der Waals surface area contributed by atoms with Gasteiger partial charge in [0, 0.05) is 31.4 Å². The van der Waals surface area contributed by atoms with Crippen molar-refractivity contribution >= 4 is 11.9 Å². The second kappa shape index (κ2) is 8.63. The molecule has 2 heterocycles. The highest BCUT2D eigenvalue weighted by atomic mass is 16.6. The molecule has 2 N–H and O–H groups in total. The zero-order chi connectivity index (χ0) is 18.4. The largest absolute Gasteiger partial charge is 0.443 e. The quantitative estimate of drug-likeness (QED) is 0.824. The Kier molecular flexibility index (Phi) is 6.79. The average Bonchev–Trinajstić information content (AvgIpc) is 2.56. The summed E-state index contributed by atoms with van der Waals surface area (Å²) in [7, 11) is 0. The highest BCUT2D eigenvalue weighted by molar-refractivity contribution is 5.88.